The second-order valence-corrected chi connectivity index (χ2v) is 4.84. The maximum absolute atomic E-state index is 11.5. The Kier molecular flexibility index (Phi) is 2.82. The van der Waals surface area contributed by atoms with Crippen molar-refractivity contribution in [2.24, 2.45) is 5.73 Å². The number of amides is 1. The first kappa shape index (κ1) is 12.5. The Labute approximate surface area is 115 Å². The second-order valence-electron chi connectivity index (χ2n) is 4.84. The summed E-state index contributed by atoms with van der Waals surface area (Å²) in [5.74, 6) is 1.19. The predicted octanol–water partition coefficient (Wildman–Crippen LogP) is 2.46. The highest BCUT2D eigenvalue weighted by atomic mass is 16.3. The molecule has 0 unspecified atom stereocenters. The number of aryl methyl sites for hydroxylation is 2. The molecule has 102 valence electrons. The van der Waals surface area contributed by atoms with E-state index in [2.05, 4.69) is 9.97 Å². The van der Waals surface area contributed by atoms with Gasteiger partial charge in [-0.25, -0.2) is 4.98 Å². The van der Waals surface area contributed by atoms with E-state index in [1.807, 2.05) is 19.9 Å². The number of hydrogen-bond donors (Lipinski definition) is 2. The molecule has 0 aliphatic rings. The van der Waals surface area contributed by atoms with E-state index in [1.54, 1.807) is 18.5 Å². The summed E-state index contributed by atoms with van der Waals surface area (Å²) >= 11 is 0. The summed E-state index contributed by atoms with van der Waals surface area (Å²) in [6.07, 6.45) is 4.16. The minimum atomic E-state index is -0.478. The van der Waals surface area contributed by atoms with Gasteiger partial charge in [0.05, 0.1) is 5.56 Å². The number of imidazole rings is 1. The van der Waals surface area contributed by atoms with Gasteiger partial charge in [0.15, 0.2) is 0 Å². The van der Waals surface area contributed by atoms with Crippen LogP contribution in [0.1, 0.15) is 33.1 Å². The highest BCUT2D eigenvalue weighted by Crippen LogP contribution is 2.31. The predicted molar refractivity (Wildman–Crippen MR) is 75.6 cm³/mol. The number of rotatable bonds is 3. The van der Waals surface area contributed by atoms with Crippen molar-refractivity contribution in [3.05, 3.63) is 52.8 Å². The number of nitrogens with zero attached hydrogens (tertiary/aromatic N) is 1. The van der Waals surface area contributed by atoms with Crippen LogP contribution >= 0.6 is 0 Å². The molecule has 0 aliphatic carbocycles. The molecule has 0 aliphatic heterocycles. The van der Waals surface area contributed by atoms with Gasteiger partial charge in [-0.1, -0.05) is 6.07 Å². The van der Waals surface area contributed by atoms with Gasteiger partial charge in [-0.2, -0.15) is 0 Å². The number of nitrogens with two attached hydrogens (primary N) is 1. The highest BCUT2D eigenvalue weighted by molar-refractivity contribution is 6.06. The molecule has 20 heavy (non-hydrogen) atoms. The van der Waals surface area contributed by atoms with Crippen molar-refractivity contribution in [3.63, 3.8) is 0 Å². The average molecular weight is 269 g/mol. The number of H-pyrrole nitrogens is 1. The Bertz CT molecular complexity index is 785. The van der Waals surface area contributed by atoms with E-state index in [1.165, 1.54) is 0 Å². The van der Waals surface area contributed by atoms with E-state index in [0.29, 0.717) is 17.6 Å². The van der Waals surface area contributed by atoms with E-state index in [-0.39, 0.29) is 0 Å². The lowest BCUT2D eigenvalue weighted by Crippen LogP contribution is -2.11. The molecule has 0 bridgehead atoms. The van der Waals surface area contributed by atoms with Crippen molar-refractivity contribution in [3.8, 4) is 0 Å². The lowest BCUT2D eigenvalue weighted by Gasteiger charge is -2.04. The summed E-state index contributed by atoms with van der Waals surface area (Å²) in [6.45, 7) is 3.87. The lowest BCUT2D eigenvalue weighted by atomic mass is 9.99. The van der Waals surface area contributed by atoms with Crippen molar-refractivity contribution in [2.75, 3.05) is 0 Å². The maximum atomic E-state index is 11.5. The van der Waals surface area contributed by atoms with E-state index in [0.717, 1.165) is 28.1 Å². The minimum Gasteiger partial charge on any atom is -0.460 e. The molecule has 3 N–H and O–H groups in total. The molecule has 3 rings (SSSR count). The molecule has 0 saturated heterocycles. The van der Waals surface area contributed by atoms with Crippen LogP contribution in [0.3, 0.4) is 0 Å². The quantitative estimate of drug-likeness (QED) is 0.766. The maximum Gasteiger partial charge on any atom is 0.252 e. The number of benzene rings is 1. The standard InChI is InChI=1S/C15H15N3O2/c1-8-9(2)20-14-11(15(16)19)4-3-10(13(8)14)7-12-17-5-6-18-12/h3-6H,7H2,1-2H3,(H2,16,19)(H,17,18). The number of primary amides is 1. The fourth-order valence-electron chi connectivity index (χ4n) is 2.46. The number of furan rings is 1. The van der Waals surface area contributed by atoms with Crippen molar-refractivity contribution in [1.29, 1.82) is 0 Å². The highest BCUT2D eigenvalue weighted by Gasteiger charge is 2.18. The van der Waals surface area contributed by atoms with Crippen LogP contribution < -0.4 is 5.73 Å². The molecule has 5 nitrogen and oxygen atoms in total. The number of aromatic nitrogens is 2. The molecule has 0 radical (unpaired) electrons. The first-order valence-electron chi connectivity index (χ1n) is 6.37. The van der Waals surface area contributed by atoms with Gasteiger partial charge in [-0.3, -0.25) is 4.79 Å². The van der Waals surface area contributed by atoms with Crippen LogP contribution in [0.4, 0.5) is 0 Å². The van der Waals surface area contributed by atoms with Crippen LogP contribution in [0, 0.1) is 13.8 Å². The van der Waals surface area contributed by atoms with Crippen molar-refractivity contribution in [2.45, 2.75) is 20.3 Å². The largest absolute Gasteiger partial charge is 0.460 e. The molecule has 2 heterocycles. The zero-order valence-corrected chi connectivity index (χ0v) is 11.4. The fraction of sp³-hybridized carbons (Fsp3) is 0.200. The normalized spacial score (nSPS) is 11.1. The van der Waals surface area contributed by atoms with Gasteiger partial charge in [-0.15, -0.1) is 0 Å². The number of hydrogen-bond acceptors (Lipinski definition) is 3. The van der Waals surface area contributed by atoms with E-state index in [9.17, 15) is 4.79 Å². The van der Waals surface area contributed by atoms with Gasteiger partial charge in [0.25, 0.3) is 5.91 Å². The molecule has 1 aromatic carbocycles. The molecule has 0 spiro atoms. The number of fused-ring (bicyclic) bond motifs is 1. The van der Waals surface area contributed by atoms with E-state index in [4.69, 9.17) is 10.2 Å². The molecule has 5 heteroatoms. The summed E-state index contributed by atoms with van der Waals surface area (Å²) < 4.78 is 5.72. The Morgan fingerprint density at radius 3 is 2.85 bits per heavy atom. The lowest BCUT2D eigenvalue weighted by molar-refractivity contribution is 0.100. The van der Waals surface area contributed by atoms with Crippen molar-refractivity contribution in [1.82, 2.24) is 9.97 Å². The summed E-state index contributed by atoms with van der Waals surface area (Å²) in [5, 5.41) is 0.954. The van der Waals surface area contributed by atoms with Crippen molar-refractivity contribution < 1.29 is 9.21 Å². The van der Waals surface area contributed by atoms with Crippen LogP contribution in [-0.2, 0) is 6.42 Å². The molecule has 0 atom stereocenters. The van der Waals surface area contributed by atoms with E-state index >= 15 is 0 Å². The van der Waals surface area contributed by atoms with Crippen LogP contribution in [0.5, 0.6) is 0 Å². The zero-order valence-electron chi connectivity index (χ0n) is 11.4. The third kappa shape index (κ3) is 1.87. The molecule has 1 amide bonds. The fourth-order valence-corrected chi connectivity index (χ4v) is 2.46. The van der Waals surface area contributed by atoms with E-state index < -0.39 is 5.91 Å². The Morgan fingerprint density at radius 2 is 2.20 bits per heavy atom. The van der Waals surface area contributed by atoms with Crippen LogP contribution in [0.15, 0.2) is 28.9 Å². The average Bonchev–Trinajstić information content (AvgIpc) is 2.99. The van der Waals surface area contributed by atoms with Gasteiger partial charge >= 0.3 is 0 Å². The van der Waals surface area contributed by atoms with Gasteiger partial charge in [0, 0.05) is 24.2 Å². The topological polar surface area (TPSA) is 84.9 Å². The summed E-state index contributed by atoms with van der Waals surface area (Å²) in [6, 6.07) is 3.62. The van der Waals surface area contributed by atoms with Gasteiger partial charge < -0.3 is 15.1 Å². The third-order valence-corrected chi connectivity index (χ3v) is 3.58. The van der Waals surface area contributed by atoms with Crippen molar-refractivity contribution >= 4 is 16.9 Å². The smallest absolute Gasteiger partial charge is 0.252 e. The van der Waals surface area contributed by atoms with Gasteiger partial charge in [0.2, 0.25) is 0 Å². The van der Waals surface area contributed by atoms with Gasteiger partial charge in [0.1, 0.15) is 17.2 Å². The summed E-state index contributed by atoms with van der Waals surface area (Å²) in [7, 11) is 0. The summed E-state index contributed by atoms with van der Waals surface area (Å²) in [5.41, 5.74) is 8.49. The number of aromatic amines is 1. The third-order valence-electron chi connectivity index (χ3n) is 3.58. The molecule has 2 aromatic heterocycles. The first-order chi connectivity index (χ1) is 9.58. The Morgan fingerprint density at radius 1 is 1.40 bits per heavy atom. The molecular weight excluding hydrogens is 254 g/mol. The molecule has 0 fully saturated rings. The van der Waals surface area contributed by atoms with Crippen LogP contribution in [-0.4, -0.2) is 15.9 Å². The minimum absolute atomic E-state index is 0.416. The Hall–Kier alpha value is -2.56. The zero-order chi connectivity index (χ0) is 14.3. The molecule has 3 aromatic rings. The monoisotopic (exact) mass is 269 g/mol. The first-order valence-corrected chi connectivity index (χ1v) is 6.37. The Balaban J connectivity index is 2.23. The van der Waals surface area contributed by atoms with Crippen LogP contribution in [0.25, 0.3) is 11.0 Å². The van der Waals surface area contributed by atoms with Crippen LogP contribution in [0.2, 0.25) is 0 Å². The van der Waals surface area contributed by atoms with Gasteiger partial charge in [-0.05, 0) is 31.0 Å². The SMILES string of the molecule is Cc1oc2c(C(N)=O)ccc(Cc3ncc[nH]3)c2c1C. The molecular formula is C15H15N3O2. The number of carbonyl (C=O) groups excluding carboxylic acids is 1. The second kappa shape index (κ2) is 4.52. The number of carbonyl (C=O) groups is 1. The molecule has 0 saturated carbocycles. The number of nitrogens with one attached hydrogen (secondary N) is 1. The summed E-state index contributed by atoms with van der Waals surface area (Å²) in [4.78, 5) is 18.8.